The fraction of sp³-hybridized carbons (Fsp3) is 0.345. The summed E-state index contributed by atoms with van der Waals surface area (Å²) in [5.41, 5.74) is 8.24. The van der Waals surface area contributed by atoms with E-state index in [0.29, 0.717) is 22.4 Å². The summed E-state index contributed by atoms with van der Waals surface area (Å²) < 4.78 is 0. The first-order valence-electron chi connectivity index (χ1n) is 13.2. The molecule has 2 bridgehead atoms. The highest BCUT2D eigenvalue weighted by molar-refractivity contribution is 6.02. The van der Waals surface area contributed by atoms with Crippen LogP contribution in [0.2, 0.25) is 0 Å². The van der Waals surface area contributed by atoms with E-state index in [1.165, 1.54) is 0 Å². The Kier molecular flexibility index (Phi) is 6.27. The fourth-order valence-electron chi connectivity index (χ4n) is 5.80. The number of aromatic nitrogens is 2. The van der Waals surface area contributed by atoms with Gasteiger partial charge in [0.2, 0.25) is 0 Å². The maximum atomic E-state index is 13.2. The molecule has 38 heavy (non-hydrogen) atoms. The Hall–Kier alpha value is -4.27. The number of hydrogen-bond donors (Lipinski definition) is 3. The number of hydrogen-bond acceptors (Lipinski definition) is 7. The molecule has 2 saturated heterocycles. The van der Waals surface area contributed by atoms with Gasteiger partial charge in [-0.25, -0.2) is 4.98 Å². The molecule has 9 nitrogen and oxygen atoms in total. The molecule has 2 aromatic heterocycles. The van der Waals surface area contributed by atoms with Gasteiger partial charge < -0.3 is 21.3 Å². The molecule has 6 rings (SSSR count). The number of Topliss-reactive ketones (excluding diaryl/α,β-unsaturated/α-hetero) is 1. The Morgan fingerprint density at radius 2 is 1.61 bits per heavy atom. The second-order valence-corrected chi connectivity index (χ2v) is 10.5. The Labute approximate surface area is 220 Å². The summed E-state index contributed by atoms with van der Waals surface area (Å²) in [5, 5.41) is 6.37. The average molecular weight is 511 g/mol. The number of rotatable bonds is 8. The third kappa shape index (κ3) is 4.83. The molecule has 3 fully saturated rings. The van der Waals surface area contributed by atoms with Crippen LogP contribution in [0.1, 0.15) is 69.6 Å². The van der Waals surface area contributed by atoms with Crippen LogP contribution in [-0.2, 0) is 0 Å². The highest BCUT2D eigenvalue weighted by Crippen LogP contribution is 2.39. The number of piperidine rings is 1. The average Bonchev–Trinajstić information content (AvgIpc) is 3.74. The van der Waals surface area contributed by atoms with Gasteiger partial charge in [0.05, 0.1) is 11.3 Å². The number of nitrogens with one attached hydrogen (secondary N) is 2. The molecule has 4 heterocycles. The van der Waals surface area contributed by atoms with Crippen LogP contribution < -0.4 is 21.3 Å². The van der Waals surface area contributed by atoms with E-state index in [0.717, 1.165) is 50.0 Å². The number of carbonyl (C=O) groups is 3. The van der Waals surface area contributed by atoms with E-state index in [-0.39, 0.29) is 35.7 Å². The van der Waals surface area contributed by atoms with Gasteiger partial charge >= 0.3 is 0 Å². The van der Waals surface area contributed by atoms with Gasteiger partial charge in [0, 0.05) is 59.4 Å². The number of fused-ring (bicyclic) bond motifs is 2. The van der Waals surface area contributed by atoms with Crippen molar-refractivity contribution in [2.45, 2.75) is 56.7 Å². The number of carbonyl (C=O) groups excluding carboxylic acids is 3. The first kappa shape index (κ1) is 24.1. The van der Waals surface area contributed by atoms with Crippen LogP contribution in [0.15, 0.2) is 61.1 Å². The van der Waals surface area contributed by atoms with Gasteiger partial charge in [0.15, 0.2) is 5.78 Å². The largest absolute Gasteiger partial charge is 0.366 e. The lowest BCUT2D eigenvalue weighted by Gasteiger charge is -2.40. The summed E-state index contributed by atoms with van der Waals surface area (Å²) in [7, 11) is 0. The van der Waals surface area contributed by atoms with E-state index in [4.69, 9.17) is 5.73 Å². The van der Waals surface area contributed by atoms with Crippen LogP contribution >= 0.6 is 0 Å². The maximum absolute atomic E-state index is 13.2. The maximum Gasteiger partial charge on any atom is 0.251 e. The quantitative estimate of drug-likeness (QED) is 0.393. The second kappa shape index (κ2) is 9.89. The van der Waals surface area contributed by atoms with Crippen molar-refractivity contribution in [3.8, 4) is 0 Å². The molecule has 4 N–H and O–H groups in total. The minimum atomic E-state index is -0.573. The van der Waals surface area contributed by atoms with Crippen molar-refractivity contribution >= 4 is 34.8 Å². The topological polar surface area (TPSA) is 130 Å². The van der Waals surface area contributed by atoms with E-state index in [9.17, 15) is 14.4 Å². The molecular formula is C29H30N6O3. The molecular weight excluding hydrogens is 480 g/mol. The summed E-state index contributed by atoms with van der Waals surface area (Å²) in [4.78, 5) is 48.5. The second-order valence-electron chi connectivity index (χ2n) is 10.5. The number of nitrogens with two attached hydrogens (primary N) is 1. The van der Waals surface area contributed by atoms with Gasteiger partial charge in [0.1, 0.15) is 5.82 Å². The number of benzene rings is 1. The van der Waals surface area contributed by atoms with Crippen LogP contribution in [0.25, 0.3) is 0 Å². The summed E-state index contributed by atoms with van der Waals surface area (Å²) in [6.45, 7) is 0. The number of ketones is 1. The lowest BCUT2D eigenvalue weighted by Crippen LogP contribution is -2.50. The molecule has 2 amide bonds. The van der Waals surface area contributed by atoms with E-state index in [2.05, 4.69) is 25.5 Å². The standard InChI is InChI=1S/C29H30N6O3/c30-28(37)24-7-3-18(13-25(24)33-20-9-11-31-12-10-20)29(38)34-21-14-22-5-6-23(15-21)35(22)26-8-4-19(16-32-26)27(36)17-1-2-17/h3-4,7-13,16-17,21-23H,1-2,5-6,14-15H2,(H2,30,37)(H,31,33)(H,34,38). The molecule has 2 unspecified atom stereocenters. The number of pyridine rings is 2. The lowest BCUT2D eigenvalue weighted by atomic mass is 9.96. The fourth-order valence-corrected chi connectivity index (χ4v) is 5.80. The van der Waals surface area contributed by atoms with Gasteiger partial charge in [0.25, 0.3) is 11.8 Å². The van der Waals surface area contributed by atoms with Crippen LogP contribution in [0, 0.1) is 5.92 Å². The summed E-state index contributed by atoms with van der Waals surface area (Å²) in [6.07, 6.45) is 10.7. The Balaban J connectivity index is 1.13. The van der Waals surface area contributed by atoms with E-state index < -0.39 is 5.91 Å². The minimum absolute atomic E-state index is 0.0411. The van der Waals surface area contributed by atoms with Crippen molar-refractivity contribution in [1.82, 2.24) is 15.3 Å². The molecule has 1 aliphatic carbocycles. The van der Waals surface area contributed by atoms with Crippen molar-refractivity contribution in [1.29, 1.82) is 0 Å². The first-order valence-corrected chi connectivity index (χ1v) is 13.2. The van der Waals surface area contributed by atoms with Crippen LogP contribution in [0.4, 0.5) is 17.2 Å². The first-order chi connectivity index (χ1) is 18.5. The summed E-state index contributed by atoms with van der Waals surface area (Å²) in [5.74, 6) is 0.543. The van der Waals surface area contributed by atoms with Crippen molar-refractivity contribution in [2.24, 2.45) is 11.7 Å². The number of amides is 2. The third-order valence-corrected chi connectivity index (χ3v) is 7.82. The van der Waals surface area contributed by atoms with E-state index in [1.807, 2.05) is 12.1 Å². The highest BCUT2D eigenvalue weighted by Gasteiger charge is 2.42. The number of primary amides is 1. The van der Waals surface area contributed by atoms with Crippen molar-refractivity contribution < 1.29 is 14.4 Å². The zero-order chi connectivity index (χ0) is 26.2. The molecule has 1 saturated carbocycles. The van der Waals surface area contributed by atoms with Crippen molar-refractivity contribution in [3.05, 3.63) is 77.7 Å². The smallest absolute Gasteiger partial charge is 0.251 e. The van der Waals surface area contributed by atoms with E-state index >= 15 is 0 Å². The summed E-state index contributed by atoms with van der Waals surface area (Å²) in [6, 6.07) is 12.9. The highest BCUT2D eigenvalue weighted by atomic mass is 16.2. The SMILES string of the molecule is NC(=O)c1ccc(C(=O)NC2CC3CCC(C2)N3c2ccc(C(=O)C3CC3)cn2)cc1Nc1ccncc1. The molecule has 1 aromatic carbocycles. The van der Waals surface area contributed by atoms with Gasteiger partial charge in [-0.3, -0.25) is 19.4 Å². The van der Waals surface area contributed by atoms with Crippen LogP contribution in [-0.4, -0.2) is 45.7 Å². The summed E-state index contributed by atoms with van der Waals surface area (Å²) >= 11 is 0. The van der Waals surface area contributed by atoms with Gasteiger partial charge in [-0.2, -0.15) is 0 Å². The zero-order valence-corrected chi connectivity index (χ0v) is 21.0. The lowest BCUT2D eigenvalue weighted by molar-refractivity contribution is 0.0924. The van der Waals surface area contributed by atoms with Crippen molar-refractivity contribution in [3.63, 3.8) is 0 Å². The third-order valence-electron chi connectivity index (χ3n) is 7.82. The van der Waals surface area contributed by atoms with Crippen LogP contribution in [0.5, 0.6) is 0 Å². The van der Waals surface area contributed by atoms with Crippen LogP contribution in [0.3, 0.4) is 0 Å². The van der Waals surface area contributed by atoms with Gasteiger partial charge in [-0.1, -0.05) is 0 Å². The van der Waals surface area contributed by atoms with E-state index in [1.54, 1.807) is 48.9 Å². The number of nitrogens with zero attached hydrogens (tertiary/aromatic N) is 3. The normalized spacial score (nSPS) is 22.1. The molecule has 194 valence electrons. The Bertz CT molecular complexity index is 1360. The molecule has 2 atom stereocenters. The van der Waals surface area contributed by atoms with Gasteiger partial charge in [-0.15, -0.1) is 0 Å². The van der Waals surface area contributed by atoms with Gasteiger partial charge in [-0.05, 0) is 81.0 Å². The zero-order valence-electron chi connectivity index (χ0n) is 21.0. The predicted octanol–water partition coefficient (Wildman–Crippen LogP) is 3.84. The molecule has 3 aromatic rings. The van der Waals surface area contributed by atoms with Crippen molar-refractivity contribution in [2.75, 3.05) is 10.2 Å². The number of anilines is 3. The minimum Gasteiger partial charge on any atom is -0.366 e. The predicted molar refractivity (Wildman–Crippen MR) is 144 cm³/mol. The molecule has 0 radical (unpaired) electrons. The molecule has 9 heteroatoms. The monoisotopic (exact) mass is 510 g/mol. The molecule has 3 aliphatic rings. The molecule has 2 aliphatic heterocycles. The molecule has 0 spiro atoms. The Morgan fingerprint density at radius 1 is 0.895 bits per heavy atom. The Morgan fingerprint density at radius 3 is 2.24 bits per heavy atom.